The van der Waals surface area contributed by atoms with E-state index in [-0.39, 0.29) is 5.41 Å². The highest BCUT2D eigenvalue weighted by atomic mass is 32.1. The lowest BCUT2D eigenvalue weighted by molar-refractivity contribution is 0.891. The van der Waals surface area contributed by atoms with Crippen molar-refractivity contribution in [1.82, 2.24) is 4.98 Å². The van der Waals surface area contributed by atoms with Crippen LogP contribution in [0.5, 0.6) is 0 Å². The van der Waals surface area contributed by atoms with Crippen molar-refractivity contribution in [3.63, 3.8) is 0 Å². The van der Waals surface area contributed by atoms with E-state index in [4.69, 9.17) is 0 Å². The van der Waals surface area contributed by atoms with E-state index >= 15 is 0 Å². The first-order valence-electron chi connectivity index (χ1n) is 6.09. The molecule has 1 fully saturated rings. The summed E-state index contributed by atoms with van der Waals surface area (Å²) < 4.78 is 0. The Bertz CT molecular complexity index is 645. The van der Waals surface area contributed by atoms with E-state index < -0.39 is 0 Å². The number of rotatable bonds is 2. The van der Waals surface area contributed by atoms with Gasteiger partial charge in [-0.15, -0.1) is 11.3 Å². The number of nitriles is 1. The summed E-state index contributed by atoms with van der Waals surface area (Å²) in [5.41, 5.74) is 4.43. The third-order valence-electron chi connectivity index (χ3n) is 3.54. The molecule has 2 nitrogen and oxygen atoms in total. The van der Waals surface area contributed by atoms with Crippen LogP contribution in [0, 0.1) is 25.2 Å². The van der Waals surface area contributed by atoms with Gasteiger partial charge >= 0.3 is 0 Å². The summed E-state index contributed by atoms with van der Waals surface area (Å²) in [7, 11) is 0. The average Bonchev–Trinajstić information content (AvgIpc) is 3.00. The van der Waals surface area contributed by atoms with E-state index in [1.807, 2.05) is 0 Å². The number of aryl methyl sites for hydroxylation is 2. The third kappa shape index (κ3) is 1.74. The van der Waals surface area contributed by atoms with E-state index in [1.165, 1.54) is 16.7 Å². The van der Waals surface area contributed by atoms with Crippen LogP contribution in [0.4, 0.5) is 0 Å². The van der Waals surface area contributed by atoms with E-state index in [1.54, 1.807) is 11.3 Å². The van der Waals surface area contributed by atoms with Crippen LogP contribution >= 0.6 is 11.3 Å². The molecular weight excluding hydrogens is 240 g/mol. The Kier molecular flexibility index (Phi) is 2.49. The molecule has 0 amide bonds. The van der Waals surface area contributed by atoms with Gasteiger partial charge in [0.2, 0.25) is 0 Å². The molecule has 0 aliphatic heterocycles. The van der Waals surface area contributed by atoms with Gasteiger partial charge in [-0.25, -0.2) is 4.98 Å². The summed E-state index contributed by atoms with van der Waals surface area (Å²) in [6, 6.07) is 8.81. The van der Waals surface area contributed by atoms with Crippen LogP contribution in [-0.4, -0.2) is 4.98 Å². The molecule has 0 atom stereocenters. The van der Waals surface area contributed by atoms with E-state index in [9.17, 15) is 5.26 Å². The maximum absolute atomic E-state index is 9.20. The quantitative estimate of drug-likeness (QED) is 0.812. The highest BCUT2D eigenvalue weighted by Crippen LogP contribution is 2.49. The minimum absolute atomic E-state index is 0.262. The second-order valence-electron chi connectivity index (χ2n) is 5.05. The zero-order valence-electron chi connectivity index (χ0n) is 10.5. The minimum Gasteiger partial charge on any atom is -0.239 e. The maximum atomic E-state index is 9.20. The fourth-order valence-electron chi connectivity index (χ4n) is 2.22. The molecule has 1 saturated carbocycles. The average molecular weight is 254 g/mol. The highest BCUT2D eigenvalue weighted by Gasteiger charge is 2.47. The zero-order valence-corrected chi connectivity index (χ0v) is 11.3. The van der Waals surface area contributed by atoms with Gasteiger partial charge in [-0.05, 0) is 32.3 Å². The van der Waals surface area contributed by atoms with Crippen molar-refractivity contribution in [2.75, 3.05) is 0 Å². The number of nitrogens with zero attached hydrogens (tertiary/aromatic N) is 2. The molecule has 1 aliphatic rings. The Balaban J connectivity index is 2.01. The monoisotopic (exact) mass is 254 g/mol. The van der Waals surface area contributed by atoms with Gasteiger partial charge in [0.1, 0.15) is 10.4 Å². The van der Waals surface area contributed by atoms with Crippen LogP contribution in [-0.2, 0) is 5.41 Å². The van der Waals surface area contributed by atoms with Crippen molar-refractivity contribution in [2.24, 2.45) is 0 Å². The number of aromatic nitrogens is 1. The molecule has 0 N–H and O–H groups in total. The van der Waals surface area contributed by atoms with Gasteiger partial charge < -0.3 is 0 Å². The minimum atomic E-state index is -0.262. The molecule has 1 heterocycles. The van der Waals surface area contributed by atoms with Crippen LogP contribution < -0.4 is 0 Å². The normalized spacial score (nSPS) is 16.3. The summed E-state index contributed by atoms with van der Waals surface area (Å²) in [6.07, 6.45) is 1.92. The Hall–Kier alpha value is -1.66. The lowest BCUT2D eigenvalue weighted by Gasteiger charge is -2.04. The van der Waals surface area contributed by atoms with Crippen LogP contribution in [0.1, 0.15) is 29.0 Å². The standard InChI is InChI=1S/C15H14N2S/c1-10-3-4-12(11(2)7-10)13-8-18-14(17-13)15(9-16)5-6-15/h3-4,7-8H,5-6H2,1-2H3. The maximum Gasteiger partial charge on any atom is 0.114 e. The van der Waals surface area contributed by atoms with Crippen LogP contribution in [0.3, 0.4) is 0 Å². The number of benzene rings is 1. The number of thiazole rings is 1. The molecule has 3 heteroatoms. The van der Waals surface area contributed by atoms with Crippen LogP contribution in [0.15, 0.2) is 23.6 Å². The van der Waals surface area contributed by atoms with Gasteiger partial charge in [0.25, 0.3) is 0 Å². The summed E-state index contributed by atoms with van der Waals surface area (Å²) in [5.74, 6) is 0. The summed E-state index contributed by atoms with van der Waals surface area (Å²) in [4.78, 5) is 4.67. The van der Waals surface area contributed by atoms with Crippen LogP contribution in [0.25, 0.3) is 11.3 Å². The Morgan fingerprint density at radius 1 is 1.33 bits per heavy atom. The van der Waals surface area contributed by atoms with Gasteiger partial charge in [-0.3, -0.25) is 0 Å². The van der Waals surface area contributed by atoms with Crippen LogP contribution in [0.2, 0.25) is 0 Å². The summed E-state index contributed by atoms with van der Waals surface area (Å²) in [6.45, 7) is 4.21. The molecule has 0 spiro atoms. The molecule has 90 valence electrons. The Morgan fingerprint density at radius 3 is 2.72 bits per heavy atom. The van der Waals surface area contributed by atoms with Crippen molar-refractivity contribution < 1.29 is 0 Å². The summed E-state index contributed by atoms with van der Waals surface area (Å²) >= 11 is 1.62. The summed E-state index contributed by atoms with van der Waals surface area (Å²) in [5, 5.41) is 12.3. The predicted octanol–water partition coefficient (Wildman–Crippen LogP) is 3.98. The van der Waals surface area contributed by atoms with Gasteiger partial charge in [-0.2, -0.15) is 5.26 Å². The zero-order chi connectivity index (χ0) is 12.8. The predicted molar refractivity (Wildman–Crippen MR) is 73.5 cm³/mol. The number of hydrogen-bond acceptors (Lipinski definition) is 3. The molecular formula is C15H14N2S. The topological polar surface area (TPSA) is 36.7 Å². The molecule has 1 aromatic carbocycles. The highest BCUT2D eigenvalue weighted by molar-refractivity contribution is 7.10. The van der Waals surface area contributed by atoms with E-state index in [0.29, 0.717) is 0 Å². The first kappa shape index (κ1) is 11.4. The van der Waals surface area contributed by atoms with Gasteiger partial charge in [0.15, 0.2) is 0 Å². The molecule has 0 saturated heterocycles. The van der Waals surface area contributed by atoms with Gasteiger partial charge in [0, 0.05) is 10.9 Å². The molecule has 18 heavy (non-hydrogen) atoms. The van der Waals surface area contributed by atoms with Crippen molar-refractivity contribution in [3.05, 3.63) is 39.7 Å². The molecule has 2 aromatic rings. The molecule has 1 aromatic heterocycles. The first-order chi connectivity index (χ1) is 8.64. The van der Waals surface area contributed by atoms with Gasteiger partial charge in [0.05, 0.1) is 11.8 Å². The smallest absolute Gasteiger partial charge is 0.114 e. The molecule has 0 radical (unpaired) electrons. The molecule has 0 bridgehead atoms. The SMILES string of the molecule is Cc1ccc(-c2csc(C3(C#N)CC3)n2)c(C)c1. The van der Waals surface area contributed by atoms with Crippen molar-refractivity contribution in [1.29, 1.82) is 5.26 Å². The second-order valence-corrected chi connectivity index (χ2v) is 5.91. The van der Waals surface area contributed by atoms with E-state index in [2.05, 4.69) is 48.5 Å². The van der Waals surface area contributed by atoms with Crippen molar-refractivity contribution >= 4 is 11.3 Å². The number of hydrogen-bond donors (Lipinski definition) is 0. The Labute approximate surface area is 111 Å². The van der Waals surface area contributed by atoms with Crippen molar-refractivity contribution in [3.8, 4) is 17.3 Å². The molecule has 3 rings (SSSR count). The van der Waals surface area contributed by atoms with E-state index in [0.717, 1.165) is 23.5 Å². The molecule has 1 aliphatic carbocycles. The lowest BCUT2D eigenvalue weighted by atomic mass is 10.0. The Morgan fingerprint density at radius 2 is 2.11 bits per heavy atom. The fraction of sp³-hybridized carbons (Fsp3) is 0.333. The lowest BCUT2D eigenvalue weighted by Crippen LogP contribution is -2.01. The molecule has 0 unspecified atom stereocenters. The first-order valence-corrected chi connectivity index (χ1v) is 6.97. The van der Waals surface area contributed by atoms with Crippen molar-refractivity contribution in [2.45, 2.75) is 32.1 Å². The fourth-order valence-corrected chi connectivity index (χ4v) is 3.25. The largest absolute Gasteiger partial charge is 0.239 e. The third-order valence-corrected chi connectivity index (χ3v) is 4.58. The van der Waals surface area contributed by atoms with Gasteiger partial charge in [-0.1, -0.05) is 23.8 Å². The second kappa shape index (κ2) is 3.93.